The van der Waals surface area contributed by atoms with E-state index in [1.165, 1.54) is 31.3 Å². The van der Waals surface area contributed by atoms with Gasteiger partial charge < -0.3 is 9.41 Å². The molecule has 0 spiro atoms. The first-order chi connectivity index (χ1) is 4.97. The summed E-state index contributed by atoms with van der Waals surface area (Å²) in [6.45, 7) is 0. The van der Waals surface area contributed by atoms with E-state index in [-0.39, 0.29) is 35.6 Å². The van der Waals surface area contributed by atoms with E-state index in [4.69, 9.17) is 0 Å². The van der Waals surface area contributed by atoms with E-state index in [9.17, 15) is 0 Å². The Bertz CT molecular complexity index is 181. The van der Waals surface area contributed by atoms with Gasteiger partial charge in [-0.3, -0.25) is 6.08 Å². The van der Waals surface area contributed by atoms with Gasteiger partial charge in [-0.2, -0.15) is 6.08 Å². The molecule has 0 N–H and O–H groups in total. The third-order valence-corrected chi connectivity index (χ3v) is 2.52. The normalized spacial score (nSPS) is 19.8. The predicted octanol–water partition coefficient (Wildman–Crippen LogP) is -3.13. The van der Waals surface area contributed by atoms with Crippen LogP contribution in [-0.4, -0.2) is 0 Å². The molecule has 2 aliphatic rings. The van der Waals surface area contributed by atoms with E-state index in [0.29, 0.717) is 0 Å². The van der Waals surface area contributed by atoms with Crippen LogP contribution in [0.2, 0.25) is 0 Å². The summed E-state index contributed by atoms with van der Waals surface area (Å²) in [6.07, 6.45) is 14.6. The Kier molecular flexibility index (Phi) is 9.18. The van der Waals surface area contributed by atoms with Crippen LogP contribution < -0.4 is 9.41 Å². The van der Waals surface area contributed by atoms with Gasteiger partial charge in [-0.1, -0.05) is 12.8 Å². The van der Waals surface area contributed by atoms with E-state index in [2.05, 4.69) is 18.2 Å². The smallest absolute Gasteiger partial charge is 1.00 e. The second-order valence-corrected chi connectivity index (χ2v) is 3.22. The fourth-order valence-electron chi connectivity index (χ4n) is 1.94. The average Bonchev–Trinajstić information content (AvgIpc) is 2.59. The molecular formula is C10H13F2Zr. The molecule has 0 saturated heterocycles. The molecule has 0 atom stereocenters. The van der Waals surface area contributed by atoms with E-state index >= 15 is 0 Å². The number of halogens is 2. The fourth-order valence-corrected chi connectivity index (χ4v) is 1.94. The second kappa shape index (κ2) is 7.61. The second-order valence-electron chi connectivity index (χ2n) is 3.22. The van der Waals surface area contributed by atoms with E-state index < -0.39 is 0 Å². The first kappa shape index (κ1) is 15.7. The molecule has 0 unspecified atom stereocenters. The Labute approximate surface area is 97.3 Å². The van der Waals surface area contributed by atoms with Gasteiger partial charge in [0.25, 0.3) is 0 Å². The molecule has 1 radical (unpaired) electrons. The van der Waals surface area contributed by atoms with Crippen molar-refractivity contribution in [2.75, 3.05) is 0 Å². The summed E-state index contributed by atoms with van der Waals surface area (Å²) in [7, 11) is 0. The Morgan fingerprint density at radius 3 is 2.23 bits per heavy atom. The standard InChI is InChI=1S/C10H13.2FH.Zr/c1-2-6-9(5-1)10-7-3-4-8-10;;;/h1,5,10H,2-4,7-8H2;2*1H;/q-1;;;+3/p-2. The van der Waals surface area contributed by atoms with Gasteiger partial charge in [0, 0.05) is 0 Å². The molecule has 2 rings (SSSR count). The molecule has 0 nitrogen and oxygen atoms in total. The molecule has 1 fully saturated rings. The minimum atomic E-state index is 0. The summed E-state index contributed by atoms with van der Waals surface area (Å²) in [5.41, 5.74) is 1.50. The summed E-state index contributed by atoms with van der Waals surface area (Å²) >= 11 is 0. The van der Waals surface area contributed by atoms with Crippen molar-refractivity contribution in [1.29, 1.82) is 0 Å². The Hall–Kier alpha value is 0.223. The zero-order chi connectivity index (χ0) is 6.81. The van der Waals surface area contributed by atoms with E-state index in [0.717, 1.165) is 12.3 Å². The molecule has 0 bridgehead atoms. The summed E-state index contributed by atoms with van der Waals surface area (Å²) in [6, 6.07) is 0. The van der Waals surface area contributed by atoms with Crippen molar-refractivity contribution in [3.8, 4) is 0 Å². The van der Waals surface area contributed by atoms with Gasteiger partial charge in [0.1, 0.15) is 0 Å². The van der Waals surface area contributed by atoms with Gasteiger partial charge in [-0.05, 0) is 18.8 Å². The van der Waals surface area contributed by atoms with Crippen LogP contribution in [-0.2, 0) is 26.2 Å². The van der Waals surface area contributed by atoms with Crippen LogP contribution in [0, 0.1) is 12.0 Å². The number of hydrogen-bond acceptors (Lipinski definition) is 0. The van der Waals surface area contributed by atoms with Crippen molar-refractivity contribution in [1.82, 2.24) is 0 Å². The van der Waals surface area contributed by atoms with Crippen LogP contribution in [0.4, 0.5) is 0 Å². The van der Waals surface area contributed by atoms with Crippen LogP contribution >= 0.6 is 0 Å². The molecular weight excluding hydrogens is 249 g/mol. The molecule has 0 heterocycles. The van der Waals surface area contributed by atoms with Gasteiger partial charge in [0.2, 0.25) is 0 Å². The van der Waals surface area contributed by atoms with Gasteiger partial charge in [-0.25, -0.2) is 11.6 Å². The minimum absolute atomic E-state index is 0. The minimum Gasteiger partial charge on any atom is -1.00 e. The molecule has 71 valence electrons. The van der Waals surface area contributed by atoms with Crippen molar-refractivity contribution in [3.05, 3.63) is 23.8 Å². The predicted molar refractivity (Wildman–Crippen MR) is 42.5 cm³/mol. The van der Waals surface area contributed by atoms with Gasteiger partial charge in [0.15, 0.2) is 0 Å². The molecule has 2 aliphatic carbocycles. The largest absolute Gasteiger partial charge is 3.00 e. The molecule has 0 aromatic rings. The summed E-state index contributed by atoms with van der Waals surface area (Å²) in [5.74, 6) is 0.874. The quantitative estimate of drug-likeness (QED) is 0.439. The summed E-state index contributed by atoms with van der Waals surface area (Å²) < 4.78 is 0. The third kappa shape index (κ3) is 3.85. The summed E-state index contributed by atoms with van der Waals surface area (Å²) in [5, 5.41) is 0. The zero-order valence-corrected chi connectivity index (χ0v) is 9.98. The monoisotopic (exact) mass is 261 g/mol. The van der Waals surface area contributed by atoms with Crippen LogP contribution in [0.3, 0.4) is 0 Å². The van der Waals surface area contributed by atoms with Crippen molar-refractivity contribution >= 4 is 0 Å². The molecule has 0 amide bonds. The molecule has 1 saturated carbocycles. The maximum Gasteiger partial charge on any atom is 3.00 e. The van der Waals surface area contributed by atoms with Gasteiger partial charge in [-0.15, -0.1) is 6.42 Å². The van der Waals surface area contributed by atoms with Gasteiger partial charge in [0.05, 0.1) is 0 Å². The van der Waals surface area contributed by atoms with Crippen LogP contribution in [0.1, 0.15) is 32.1 Å². The molecule has 0 aromatic heterocycles. The fraction of sp³-hybridized carbons (Fsp3) is 0.600. The SMILES string of the molecule is [C-]1=C(C2CCCC2)C=CC1.[F-].[F-].[Zr+3]. The van der Waals surface area contributed by atoms with E-state index in [1.54, 1.807) is 0 Å². The Balaban J connectivity index is 0. The summed E-state index contributed by atoms with van der Waals surface area (Å²) in [4.78, 5) is 0. The Morgan fingerprint density at radius 1 is 1.15 bits per heavy atom. The van der Waals surface area contributed by atoms with Crippen LogP contribution in [0.5, 0.6) is 0 Å². The number of allylic oxidation sites excluding steroid dienone is 4. The van der Waals surface area contributed by atoms with Crippen molar-refractivity contribution in [2.24, 2.45) is 5.92 Å². The van der Waals surface area contributed by atoms with Crippen molar-refractivity contribution < 1.29 is 35.6 Å². The van der Waals surface area contributed by atoms with Crippen molar-refractivity contribution in [3.63, 3.8) is 0 Å². The molecule has 0 aromatic carbocycles. The number of hydrogen-bond donors (Lipinski definition) is 0. The van der Waals surface area contributed by atoms with Crippen LogP contribution in [0.15, 0.2) is 17.7 Å². The maximum absolute atomic E-state index is 3.40. The van der Waals surface area contributed by atoms with Gasteiger partial charge >= 0.3 is 26.2 Å². The van der Waals surface area contributed by atoms with Crippen LogP contribution in [0.25, 0.3) is 0 Å². The number of rotatable bonds is 1. The average molecular weight is 262 g/mol. The van der Waals surface area contributed by atoms with E-state index in [1.807, 2.05) is 0 Å². The molecule has 13 heavy (non-hydrogen) atoms. The first-order valence-electron chi connectivity index (χ1n) is 4.24. The molecule has 3 heteroatoms. The maximum atomic E-state index is 3.40. The Morgan fingerprint density at radius 2 is 1.77 bits per heavy atom. The first-order valence-corrected chi connectivity index (χ1v) is 4.24. The van der Waals surface area contributed by atoms with Crippen molar-refractivity contribution in [2.45, 2.75) is 32.1 Å². The molecule has 0 aliphatic heterocycles. The zero-order valence-electron chi connectivity index (χ0n) is 7.52. The topological polar surface area (TPSA) is 0 Å². The third-order valence-electron chi connectivity index (χ3n) is 2.52.